The molecule has 4 aromatic rings. The molecule has 9 heteroatoms. The number of aromatic nitrogens is 3. The van der Waals surface area contributed by atoms with Crippen LogP contribution in [0.25, 0.3) is 22.2 Å². The van der Waals surface area contributed by atoms with Crippen molar-refractivity contribution >= 4 is 22.8 Å². The Morgan fingerprint density at radius 2 is 1.80 bits per heavy atom. The average Bonchev–Trinajstić information content (AvgIpc) is 3.20. The van der Waals surface area contributed by atoms with Crippen molar-refractivity contribution in [3.8, 4) is 34.5 Å². The van der Waals surface area contributed by atoms with Crippen LogP contribution in [-0.2, 0) is 11.8 Å². The fourth-order valence-electron chi connectivity index (χ4n) is 5.04. The molecule has 9 nitrogen and oxygen atoms in total. The van der Waals surface area contributed by atoms with E-state index < -0.39 is 0 Å². The van der Waals surface area contributed by atoms with E-state index >= 15 is 0 Å². The molecule has 0 bridgehead atoms. The van der Waals surface area contributed by atoms with Crippen molar-refractivity contribution < 1.29 is 14.6 Å². The van der Waals surface area contributed by atoms with Crippen molar-refractivity contribution in [3.63, 3.8) is 0 Å². The number of aliphatic hydroxyl groups is 1. The number of β-amino-alcohol motifs (C(OH)–C–C–N with tert-alkyl or cyclic N) is 1. The Bertz CT molecular complexity index is 1620. The summed E-state index contributed by atoms with van der Waals surface area (Å²) in [5.74, 6) is 8.68. The van der Waals surface area contributed by atoms with E-state index in [0.717, 1.165) is 33.7 Å². The van der Waals surface area contributed by atoms with E-state index in [-0.39, 0.29) is 17.9 Å². The summed E-state index contributed by atoms with van der Waals surface area (Å²) in [5.41, 5.74) is 9.64. The minimum Gasteiger partial charge on any atom is -0.457 e. The molecule has 2 saturated heterocycles. The normalized spacial score (nSPS) is 16.0. The van der Waals surface area contributed by atoms with Crippen molar-refractivity contribution in [2.75, 3.05) is 38.5 Å². The summed E-state index contributed by atoms with van der Waals surface area (Å²) in [7, 11) is 1.92. The van der Waals surface area contributed by atoms with Crippen molar-refractivity contribution in [1.82, 2.24) is 24.3 Å². The lowest BCUT2D eigenvalue weighted by atomic mass is 9.99. The number of para-hydroxylation sites is 1. The Morgan fingerprint density at radius 3 is 2.52 bits per heavy atom. The number of ether oxygens (including phenoxy) is 1. The molecule has 2 fully saturated rings. The highest BCUT2D eigenvalue weighted by molar-refractivity contribution is 6.03. The van der Waals surface area contributed by atoms with Crippen LogP contribution in [0.4, 0.5) is 5.82 Å². The molecule has 0 unspecified atom stereocenters. The third-order valence-corrected chi connectivity index (χ3v) is 7.27. The number of nitrogens with zero attached hydrogens (tertiary/aromatic N) is 5. The van der Waals surface area contributed by atoms with Gasteiger partial charge < -0.3 is 25.0 Å². The van der Waals surface area contributed by atoms with E-state index in [1.54, 1.807) is 11.0 Å². The molecule has 3 N–H and O–H groups in total. The van der Waals surface area contributed by atoms with Crippen molar-refractivity contribution in [1.29, 1.82) is 0 Å². The molecule has 202 valence electrons. The van der Waals surface area contributed by atoms with Crippen LogP contribution in [-0.4, -0.2) is 74.2 Å². The summed E-state index contributed by atoms with van der Waals surface area (Å²) in [5, 5.41) is 10.1. The number of carbonyl (C=O) groups excluding carboxylic acids is 1. The maximum absolute atomic E-state index is 12.5. The fourth-order valence-corrected chi connectivity index (χ4v) is 5.04. The highest BCUT2D eigenvalue weighted by Crippen LogP contribution is 2.37. The maximum atomic E-state index is 12.5. The molecule has 2 aromatic carbocycles. The first-order chi connectivity index (χ1) is 19.5. The third kappa shape index (κ3) is 5.15. The highest BCUT2D eigenvalue weighted by Gasteiger charge is 2.29. The molecule has 2 aromatic heterocycles. The number of aryl methyl sites for hydroxylation is 1. The van der Waals surface area contributed by atoms with Gasteiger partial charge in [0.05, 0.1) is 17.4 Å². The Balaban J connectivity index is 1.20. The predicted octanol–water partition coefficient (Wildman–Crippen LogP) is 3.05. The molecule has 0 atom stereocenters. The minimum absolute atomic E-state index is 0.00900. The number of nitrogen functional groups attached to an aromatic ring is 1. The standard InChI is InChI=1S/C31H30N6O3/c1-35-26(14-9-21-16-37(17-21)27(39)8-5-15-36-18-23(38)19-36)28(29-30(32)33-20-34-31(29)35)22-10-12-25(13-11-22)40-24-6-3-2-4-7-24/h2-8,10-13,20-21,23,38H,15-19H2,1H3,(H2,32,33,34)/b8-5+. The van der Waals surface area contributed by atoms with Gasteiger partial charge in [0.15, 0.2) is 0 Å². The van der Waals surface area contributed by atoms with Gasteiger partial charge >= 0.3 is 0 Å². The van der Waals surface area contributed by atoms with Gasteiger partial charge in [0.2, 0.25) is 5.91 Å². The van der Waals surface area contributed by atoms with Crippen LogP contribution in [0.2, 0.25) is 0 Å². The number of amides is 1. The van der Waals surface area contributed by atoms with Crippen LogP contribution in [0.1, 0.15) is 5.69 Å². The van der Waals surface area contributed by atoms with E-state index in [1.165, 1.54) is 6.33 Å². The first-order valence-corrected chi connectivity index (χ1v) is 13.3. The number of anilines is 1. The molecule has 0 radical (unpaired) electrons. The van der Waals surface area contributed by atoms with Crippen LogP contribution in [0.15, 0.2) is 73.1 Å². The van der Waals surface area contributed by atoms with Crippen molar-refractivity contribution in [2.45, 2.75) is 6.10 Å². The first kappa shape index (κ1) is 25.6. The topological polar surface area (TPSA) is 110 Å². The van der Waals surface area contributed by atoms with Crippen LogP contribution in [0.5, 0.6) is 11.5 Å². The molecule has 0 saturated carbocycles. The smallest absolute Gasteiger partial charge is 0.246 e. The van der Waals surface area contributed by atoms with Crippen LogP contribution in [0.3, 0.4) is 0 Å². The van der Waals surface area contributed by atoms with Gasteiger partial charge in [-0.1, -0.05) is 42.3 Å². The number of hydrogen-bond acceptors (Lipinski definition) is 7. The molecule has 4 heterocycles. The number of nitrogens with two attached hydrogens (primary N) is 1. The zero-order valence-electron chi connectivity index (χ0n) is 22.2. The van der Waals surface area contributed by atoms with Gasteiger partial charge in [-0.3, -0.25) is 9.69 Å². The maximum Gasteiger partial charge on any atom is 0.246 e. The second-order valence-electron chi connectivity index (χ2n) is 10.2. The number of fused-ring (bicyclic) bond motifs is 1. The summed E-state index contributed by atoms with van der Waals surface area (Å²) in [6.07, 6.45) is 4.69. The summed E-state index contributed by atoms with van der Waals surface area (Å²) in [6, 6.07) is 17.5. The van der Waals surface area contributed by atoms with Gasteiger partial charge in [0.1, 0.15) is 35.0 Å². The summed E-state index contributed by atoms with van der Waals surface area (Å²) in [6.45, 7) is 3.18. The fraction of sp³-hybridized carbons (Fsp3) is 0.258. The SMILES string of the molecule is Cn1c(C#CC2CN(C(=O)/C=C/CN3CC(O)C3)C2)c(-c2ccc(Oc3ccccc3)cc2)c2c(N)ncnc21. The van der Waals surface area contributed by atoms with Gasteiger partial charge in [0.25, 0.3) is 0 Å². The Kier molecular flexibility index (Phi) is 6.95. The minimum atomic E-state index is -0.238. The molecule has 0 aliphatic carbocycles. The van der Waals surface area contributed by atoms with Gasteiger partial charge in [-0.05, 0) is 35.7 Å². The van der Waals surface area contributed by atoms with Crippen molar-refractivity contribution in [3.05, 3.63) is 78.8 Å². The largest absolute Gasteiger partial charge is 0.457 e. The Labute approximate surface area is 232 Å². The second-order valence-corrected chi connectivity index (χ2v) is 10.2. The number of benzene rings is 2. The highest BCUT2D eigenvalue weighted by atomic mass is 16.5. The van der Waals surface area contributed by atoms with E-state index in [0.29, 0.717) is 44.2 Å². The number of carbonyl (C=O) groups is 1. The number of hydrogen-bond donors (Lipinski definition) is 2. The molecular weight excluding hydrogens is 504 g/mol. The lowest BCUT2D eigenvalue weighted by Gasteiger charge is -2.36. The summed E-state index contributed by atoms with van der Waals surface area (Å²) < 4.78 is 7.91. The van der Waals surface area contributed by atoms with E-state index in [4.69, 9.17) is 10.5 Å². The van der Waals surface area contributed by atoms with Crippen LogP contribution < -0.4 is 10.5 Å². The number of likely N-dealkylation sites (tertiary alicyclic amines) is 2. The molecular formula is C31H30N6O3. The summed E-state index contributed by atoms with van der Waals surface area (Å²) >= 11 is 0. The monoisotopic (exact) mass is 534 g/mol. The Hall–Kier alpha value is -4.65. The number of aliphatic hydroxyl groups excluding tert-OH is 1. The molecule has 2 aliphatic rings. The Morgan fingerprint density at radius 1 is 1.07 bits per heavy atom. The van der Waals surface area contributed by atoms with Gasteiger partial charge in [-0.2, -0.15) is 0 Å². The van der Waals surface area contributed by atoms with Crippen LogP contribution in [0, 0.1) is 17.8 Å². The third-order valence-electron chi connectivity index (χ3n) is 7.27. The molecule has 0 spiro atoms. The van der Waals surface area contributed by atoms with Gasteiger partial charge in [-0.25, -0.2) is 9.97 Å². The molecule has 1 amide bonds. The first-order valence-electron chi connectivity index (χ1n) is 13.3. The quantitative estimate of drug-likeness (QED) is 0.289. The lowest BCUT2D eigenvalue weighted by molar-refractivity contribution is -0.130. The number of rotatable bonds is 6. The van der Waals surface area contributed by atoms with E-state index in [1.807, 2.05) is 72.3 Å². The van der Waals surface area contributed by atoms with E-state index in [9.17, 15) is 9.90 Å². The van der Waals surface area contributed by atoms with Gasteiger partial charge in [-0.15, -0.1) is 0 Å². The van der Waals surface area contributed by atoms with Crippen LogP contribution >= 0.6 is 0 Å². The second kappa shape index (κ2) is 10.8. The predicted molar refractivity (Wildman–Crippen MR) is 153 cm³/mol. The van der Waals surface area contributed by atoms with Gasteiger partial charge in [0, 0.05) is 51.4 Å². The molecule has 6 rings (SSSR count). The van der Waals surface area contributed by atoms with Crippen molar-refractivity contribution in [2.24, 2.45) is 13.0 Å². The molecule has 40 heavy (non-hydrogen) atoms. The van der Waals surface area contributed by atoms with E-state index in [2.05, 4.69) is 26.7 Å². The zero-order chi connectivity index (χ0) is 27.6. The average molecular weight is 535 g/mol. The molecule has 2 aliphatic heterocycles. The lowest BCUT2D eigenvalue weighted by Crippen LogP contribution is -2.50. The summed E-state index contributed by atoms with van der Waals surface area (Å²) in [4.78, 5) is 25.1. The zero-order valence-corrected chi connectivity index (χ0v) is 22.2.